The molecule has 0 saturated carbocycles. The Morgan fingerprint density at radius 2 is 1.45 bits per heavy atom. The Morgan fingerprint density at radius 1 is 0.848 bits per heavy atom. The van der Waals surface area contributed by atoms with Crippen molar-refractivity contribution in [2.24, 2.45) is 0 Å². The van der Waals surface area contributed by atoms with Crippen LogP contribution >= 0.6 is 0 Å². The first-order valence-corrected chi connectivity index (χ1v) is 9.98. The molecule has 0 unspecified atom stereocenters. The normalized spacial score (nSPS) is 11.2. The van der Waals surface area contributed by atoms with Crippen LogP contribution in [0.1, 0.15) is 22.4 Å². The molecule has 1 heterocycles. The zero-order valence-corrected chi connectivity index (χ0v) is 17.2. The Morgan fingerprint density at radius 3 is 2.06 bits per heavy atom. The van der Waals surface area contributed by atoms with Crippen LogP contribution in [0.3, 0.4) is 0 Å². The summed E-state index contributed by atoms with van der Waals surface area (Å²) in [5, 5.41) is 0. The molecule has 0 aliphatic heterocycles. The molecule has 1 aromatic heterocycles. The maximum absolute atomic E-state index is 12.9. The van der Waals surface area contributed by atoms with E-state index in [0.717, 1.165) is 23.3 Å². The number of rotatable bonds is 6. The molecule has 5 nitrogen and oxygen atoms in total. The quantitative estimate of drug-likeness (QED) is 0.305. The van der Waals surface area contributed by atoms with Crippen molar-refractivity contribution in [2.75, 3.05) is 0 Å². The fourth-order valence-corrected chi connectivity index (χ4v) is 3.07. The van der Waals surface area contributed by atoms with Gasteiger partial charge in [0.1, 0.15) is 12.3 Å². The number of hydrogen-bond acceptors (Lipinski definition) is 5. The van der Waals surface area contributed by atoms with Crippen molar-refractivity contribution in [1.29, 1.82) is 0 Å². The largest absolute Gasteiger partial charge is 0.516 e. The van der Waals surface area contributed by atoms with Crippen molar-refractivity contribution >= 4 is 6.16 Å². The highest BCUT2D eigenvalue weighted by Gasteiger charge is 2.30. The van der Waals surface area contributed by atoms with Crippen molar-refractivity contribution in [2.45, 2.75) is 19.2 Å². The molecule has 4 rings (SSSR count). The summed E-state index contributed by atoms with van der Waals surface area (Å²) in [6.45, 7) is 0.00753. The number of carbonyl (C=O) groups excluding carboxylic acids is 1. The van der Waals surface area contributed by atoms with Gasteiger partial charge in [0.25, 0.3) is 0 Å². The predicted molar refractivity (Wildman–Crippen MR) is 113 cm³/mol. The van der Waals surface area contributed by atoms with Crippen molar-refractivity contribution in [3.63, 3.8) is 0 Å². The summed E-state index contributed by atoms with van der Waals surface area (Å²) in [4.78, 5) is 16.6. The van der Waals surface area contributed by atoms with E-state index in [-0.39, 0.29) is 24.9 Å². The van der Waals surface area contributed by atoms with Crippen LogP contribution in [0.15, 0.2) is 89.3 Å². The van der Waals surface area contributed by atoms with Gasteiger partial charge in [0.2, 0.25) is 5.89 Å². The summed E-state index contributed by atoms with van der Waals surface area (Å²) in [6, 6.07) is 22.7. The molecule has 0 radical (unpaired) electrons. The lowest BCUT2D eigenvalue weighted by Crippen LogP contribution is -2.11. The van der Waals surface area contributed by atoms with Gasteiger partial charge >= 0.3 is 18.3 Å². The molecule has 0 bridgehead atoms. The molecule has 0 saturated heterocycles. The van der Waals surface area contributed by atoms with E-state index < -0.39 is 17.9 Å². The SMILES string of the molecule is O=C(OCc1ccccc1)Oc1oc(-c2ccc(C(F)(F)F)cc2)nc1Cc1ccccc1. The molecule has 3 aromatic carbocycles. The number of carbonyl (C=O) groups is 1. The Balaban J connectivity index is 1.56. The maximum atomic E-state index is 12.9. The summed E-state index contributed by atoms with van der Waals surface area (Å²) in [5.74, 6) is -0.146. The van der Waals surface area contributed by atoms with E-state index >= 15 is 0 Å². The number of aromatic nitrogens is 1. The number of ether oxygens (including phenoxy) is 2. The molecule has 0 fully saturated rings. The first-order valence-electron chi connectivity index (χ1n) is 9.98. The number of nitrogens with zero attached hydrogens (tertiary/aromatic N) is 1. The van der Waals surface area contributed by atoms with Gasteiger partial charge in [-0.3, -0.25) is 0 Å². The van der Waals surface area contributed by atoms with Crippen LogP contribution in [0.4, 0.5) is 18.0 Å². The summed E-state index contributed by atoms with van der Waals surface area (Å²) >= 11 is 0. The van der Waals surface area contributed by atoms with Crippen molar-refractivity contribution < 1.29 is 31.9 Å². The minimum atomic E-state index is -4.45. The molecule has 0 atom stereocenters. The van der Waals surface area contributed by atoms with Crippen LogP contribution in [0, 0.1) is 0 Å². The lowest BCUT2D eigenvalue weighted by Gasteiger charge is -2.06. The minimum Gasteiger partial charge on any atom is -0.429 e. The van der Waals surface area contributed by atoms with E-state index in [2.05, 4.69) is 4.98 Å². The smallest absolute Gasteiger partial charge is 0.429 e. The van der Waals surface area contributed by atoms with Crippen molar-refractivity contribution in [1.82, 2.24) is 4.98 Å². The van der Waals surface area contributed by atoms with Gasteiger partial charge in [-0.25, -0.2) is 9.78 Å². The molecule has 0 amide bonds. The van der Waals surface area contributed by atoms with Crippen LogP contribution in [0.2, 0.25) is 0 Å². The zero-order valence-electron chi connectivity index (χ0n) is 17.2. The first kappa shape index (κ1) is 22.1. The molecule has 4 aromatic rings. The summed E-state index contributed by atoms with van der Waals surface area (Å²) < 4.78 is 54.6. The Bertz CT molecular complexity index is 1200. The molecule has 0 aliphatic rings. The van der Waals surface area contributed by atoms with Gasteiger partial charge in [0, 0.05) is 12.0 Å². The van der Waals surface area contributed by atoms with Crippen LogP contribution in [0.5, 0.6) is 5.95 Å². The highest BCUT2D eigenvalue weighted by Crippen LogP contribution is 2.33. The third-order valence-corrected chi connectivity index (χ3v) is 4.71. The van der Waals surface area contributed by atoms with Gasteiger partial charge in [0.15, 0.2) is 0 Å². The van der Waals surface area contributed by atoms with E-state index in [1.807, 2.05) is 48.5 Å². The first-order chi connectivity index (χ1) is 15.9. The van der Waals surface area contributed by atoms with E-state index in [1.54, 1.807) is 12.1 Å². The van der Waals surface area contributed by atoms with E-state index in [0.29, 0.717) is 11.3 Å². The van der Waals surface area contributed by atoms with Crippen LogP contribution in [-0.2, 0) is 23.9 Å². The van der Waals surface area contributed by atoms with Crippen LogP contribution in [0.25, 0.3) is 11.5 Å². The highest BCUT2D eigenvalue weighted by atomic mass is 19.4. The second-order valence-electron chi connectivity index (χ2n) is 7.12. The third-order valence-electron chi connectivity index (χ3n) is 4.71. The summed E-state index contributed by atoms with van der Waals surface area (Å²) in [6.07, 6.45) is -5.15. The molecule has 8 heteroatoms. The standard InChI is InChI=1S/C25H18F3NO4/c26-25(27,28)20-13-11-19(12-14-20)22-29-21(15-17-7-3-1-4-8-17)23(32-22)33-24(30)31-16-18-9-5-2-6-10-18/h1-14H,15-16H2. The lowest BCUT2D eigenvalue weighted by molar-refractivity contribution is -0.137. The Hall–Kier alpha value is -4.07. The molecule has 0 aliphatic carbocycles. The second-order valence-corrected chi connectivity index (χ2v) is 7.12. The topological polar surface area (TPSA) is 61.6 Å². The van der Waals surface area contributed by atoms with E-state index in [1.165, 1.54) is 12.1 Å². The molecule has 168 valence electrons. The molecule has 0 N–H and O–H groups in total. The molecular formula is C25H18F3NO4. The fourth-order valence-electron chi connectivity index (χ4n) is 3.07. The van der Waals surface area contributed by atoms with E-state index in [4.69, 9.17) is 13.9 Å². The van der Waals surface area contributed by atoms with Gasteiger partial charge in [-0.1, -0.05) is 60.7 Å². The van der Waals surface area contributed by atoms with Gasteiger partial charge in [0.05, 0.1) is 5.56 Å². The second kappa shape index (κ2) is 9.60. The number of alkyl halides is 3. The number of benzene rings is 3. The summed E-state index contributed by atoms with van der Waals surface area (Å²) in [5.41, 5.74) is 1.50. The number of halogens is 3. The van der Waals surface area contributed by atoms with Gasteiger partial charge in [-0.05, 0) is 35.4 Å². The number of hydrogen-bond donors (Lipinski definition) is 0. The van der Waals surface area contributed by atoms with E-state index in [9.17, 15) is 18.0 Å². The van der Waals surface area contributed by atoms with Gasteiger partial charge in [-0.2, -0.15) is 13.2 Å². The lowest BCUT2D eigenvalue weighted by atomic mass is 10.1. The van der Waals surface area contributed by atoms with Crippen LogP contribution in [-0.4, -0.2) is 11.1 Å². The monoisotopic (exact) mass is 453 g/mol. The third kappa shape index (κ3) is 5.79. The maximum Gasteiger partial charge on any atom is 0.516 e. The average Bonchev–Trinajstić information content (AvgIpc) is 3.20. The molecule has 33 heavy (non-hydrogen) atoms. The van der Waals surface area contributed by atoms with Crippen molar-refractivity contribution in [3.8, 4) is 17.4 Å². The number of oxazole rings is 1. The predicted octanol–water partition coefficient (Wildman–Crippen LogP) is 6.67. The Labute approximate surface area is 187 Å². The summed E-state index contributed by atoms with van der Waals surface area (Å²) in [7, 11) is 0. The highest BCUT2D eigenvalue weighted by molar-refractivity contribution is 5.64. The van der Waals surface area contributed by atoms with Crippen molar-refractivity contribution in [3.05, 3.63) is 107 Å². The molecule has 0 spiro atoms. The van der Waals surface area contributed by atoms with Gasteiger partial charge in [-0.15, -0.1) is 0 Å². The average molecular weight is 453 g/mol. The fraction of sp³-hybridized carbons (Fsp3) is 0.120. The van der Waals surface area contributed by atoms with Gasteiger partial charge < -0.3 is 13.9 Å². The minimum absolute atomic E-state index is 0.00753. The molecular weight excluding hydrogens is 435 g/mol. The Kier molecular flexibility index (Phi) is 6.44. The van der Waals surface area contributed by atoms with Crippen LogP contribution < -0.4 is 4.74 Å². The zero-order chi connectivity index (χ0) is 23.3.